The maximum Gasteiger partial charge on any atom is 0.250 e. The van der Waals surface area contributed by atoms with Gasteiger partial charge in [0.15, 0.2) is 0 Å². The zero-order valence-corrected chi connectivity index (χ0v) is 10.3. The van der Waals surface area contributed by atoms with Crippen LogP contribution >= 0.6 is 11.6 Å². The van der Waals surface area contributed by atoms with Gasteiger partial charge in [0.25, 0.3) is 5.56 Å². The molecule has 92 valence electrons. The third-order valence-electron chi connectivity index (χ3n) is 2.91. The first-order valence-electron chi connectivity index (χ1n) is 5.66. The molecule has 0 aromatic carbocycles. The maximum atomic E-state index is 11.7. The highest BCUT2D eigenvalue weighted by Gasteiger charge is 2.24. The Kier molecular flexibility index (Phi) is 2.56. The molecule has 0 atom stereocenters. The lowest BCUT2D eigenvalue weighted by Gasteiger charge is -2.08. The van der Waals surface area contributed by atoms with Gasteiger partial charge in [-0.05, 0) is 18.9 Å². The van der Waals surface area contributed by atoms with Crippen molar-refractivity contribution in [3.8, 4) is 11.3 Å². The fraction of sp³-hybridized carbons (Fsp3) is 0.250. The Bertz CT molecular complexity index is 663. The van der Waals surface area contributed by atoms with Gasteiger partial charge < -0.3 is 10.3 Å². The number of nitrogen functional groups attached to an aromatic ring is 1. The summed E-state index contributed by atoms with van der Waals surface area (Å²) < 4.78 is 1.73. The normalized spacial score (nSPS) is 14.7. The summed E-state index contributed by atoms with van der Waals surface area (Å²) in [4.78, 5) is 19.6. The van der Waals surface area contributed by atoms with Gasteiger partial charge in [-0.15, -0.1) is 0 Å². The number of nitrogens with two attached hydrogens (primary N) is 1. The Labute approximate surface area is 108 Å². The Balaban J connectivity index is 2.14. The van der Waals surface area contributed by atoms with Crippen LogP contribution < -0.4 is 11.3 Å². The fourth-order valence-corrected chi connectivity index (χ4v) is 2.07. The quantitative estimate of drug-likeness (QED) is 0.897. The molecule has 2 aromatic rings. The number of anilines is 1. The molecule has 0 spiro atoms. The first-order chi connectivity index (χ1) is 8.65. The van der Waals surface area contributed by atoms with Gasteiger partial charge in [0.2, 0.25) is 5.95 Å². The van der Waals surface area contributed by atoms with E-state index in [0.717, 1.165) is 18.4 Å². The topological polar surface area (TPSA) is 73.8 Å². The number of nitrogens with zero attached hydrogens (tertiary/aromatic N) is 3. The maximum absolute atomic E-state index is 11.7. The average molecular weight is 263 g/mol. The van der Waals surface area contributed by atoms with Crippen molar-refractivity contribution in [1.82, 2.24) is 14.5 Å². The van der Waals surface area contributed by atoms with Crippen LogP contribution in [0.3, 0.4) is 0 Å². The summed E-state index contributed by atoms with van der Waals surface area (Å²) in [6.45, 7) is 0. The van der Waals surface area contributed by atoms with Crippen molar-refractivity contribution in [1.29, 1.82) is 0 Å². The molecule has 5 nitrogen and oxygen atoms in total. The van der Waals surface area contributed by atoms with E-state index in [4.69, 9.17) is 17.3 Å². The Morgan fingerprint density at radius 3 is 2.89 bits per heavy atom. The smallest absolute Gasteiger partial charge is 0.250 e. The first-order valence-corrected chi connectivity index (χ1v) is 6.03. The highest BCUT2D eigenvalue weighted by atomic mass is 35.5. The second-order valence-corrected chi connectivity index (χ2v) is 4.73. The summed E-state index contributed by atoms with van der Waals surface area (Å²) in [7, 11) is 0. The number of aromatic nitrogens is 3. The molecule has 0 aliphatic heterocycles. The molecule has 2 N–H and O–H groups in total. The molecule has 18 heavy (non-hydrogen) atoms. The summed E-state index contributed by atoms with van der Waals surface area (Å²) >= 11 is 6.05. The minimum absolute atomic E-state index is 0.000555. The number of hydrogen-bond acceptors (Lipinski definition) is 4. The van der Waals surface area contributed by atoms with Crippen molar-refractivity contribution in [2.75, 3.05) is 5.73 Å². The molecule has 2 heterocycles. The van der Waals surface area contributed by atoms with Gasteiger partial charge in [-0.3, -0.25) is 4.79 Å². The lowest BCUT2D eigenvalue weighted by molar-refractivity contribution is 0.708. The van der Waals surface area contributed by atoms with Crippen molar-refractivity contribution >= 4 is 17.5 Å². The van der Waals surface area contributed by atoms with E-state index in [0.29, 0.717) is 16.8 Å². The standard InChI is InChI=1S/C12H11ClN4O/c13-9-5-15-12(14)16-11(9)7-1-4-10(18)17(6-7)8-2-3-8/h1,4-6,8H,2-3H2,(H2,14,15,16). The average Bonchev–Trinajstić information content (AvgIpc) is 3.17. The summed E-state index contributed by atoms with van der Waals surface area (Å²) in [6.07, 6.45) is 5.34. The lowest BCUT2D eigenvalue weighted by atomic mass is 10.2. The molecular weight excluding hydrogens is 252 g/mol. The van der Waals surface area contributed by atoms with Crippen LogP contribution in [-0.4, -0.2) is 14.5 Å². The van der Waals surface area contributed by atoms with Gasteiger partial charge >= 0.3 is 0 Å². The third kappa shape index (κ3) is 1.97. The van der Waals surface area contributed by atoms with E-state index in [1.807, 2.05) is 0 Å². The van der Waals surface area contributed by atoms with Crippen molar-refractivity contribution in [2.24, 2.45) is 0 Å². The highest BCUT2D eigenvalue weighted by Crippen LogP contribution is 2.34. The van der Waals surface area contributed by atoms with Crippen LogP contribution in [-0.2, 0) is 0 Å². The third-order valence-corrected chi connectivity index (χ3v) is 3.19. The summed E-state index contributed by atoms with van der Waals surface area (Å²) in [6, 6.07) is 3.55. The van der Waals surface area contributed by atoms with Crippen molar-refractivity contribution in [3.63, 3.8) is 0 Å². The lowest BCUT2D eigenvalue weighted by Crippen LogP contribution is -2.17. The summed E-state index contributed by atoms with van der Waals surface area (Å²) in [5.41, 5.74) is 6.89. The minimum Gasteiger partial charge on any atom is -0.368 e. The second kappa shape index (κ2) is 4.10. The molecular formula is C12H11ClN4O. The van der Waals surface area contributed by atoms with Crippen LogP contribution in [0.15, 0.2) is 29.3 Å². The van der Waals surface area contributed by atoms with E-state index in [1.54, 1.807) is 16.8 Å². The minimum atomic E-state index is -0.000555. The van der Waals surface area contributed by atoms with E-state index in [-0.39, 0.29) is 11.5 Å². The molecule has 0 bridgehead atoms. The monoisotopic (exact) mass is 262 g/mol. The number of pyridine rings is 1. The zero-order valence-electron chi connectivity index (χ0n) is 9.51. The summed E-state index contributed by atoms with van der Waals surface area (Å²) in [5.74, 6) is 0.165. The Morgan fingerprint density at radius 1 is 1.39 bits per heavy atom. The van der Waals surface area contributed by atoms with E-state index in [2.05, 4.69) is 9.97 Å². The van der Waals surface area contributed by atoms with Crippen LogP contribution in [0.1, 0.15) is 18.9 Å². The van der Waals surface area contributed by atoms with Gasteiger partial charge in [-0.25, -0.2) is 9.97 Å². The second-order valence-electron chi connectivity index (χ2n) is 4.32. The predicted molar refractivity (Wildman–Crippen MR) is 69.4 cm³/mol. The summed E-state index contributed by atoms with van der Waals surface area (Å²) in [5, 5.41) is 0.421. The van der Waals surface area contributed by atoms with E-state index >= 15 is 0 Å². The van der Waals surface area contributed by atoms with E-state index in [1.165, 1.54) is 12.3 Å². The molecule has 0 saturated heterocycles. The molecule has 3 rings (SSSR count). The molecule has 1 aliphatic carbocycles. The van der Waals surface area contributed by atoms with Crippen molar-refractivity contribution in [2.45, 2.75) is 18.9 Å². The Hall–Kier alpha value is -1.88. The van der Waals surface area contributed by atoms with E-state index < -0.39 is 0 Å². The van der Waals surface area contributed by atoms with Gasteiger partial charge in [0.1, 0.15) is 0 Å². The molecule has 2 aromatic heterocycles. The van der Waals surface area contributed by atoms with Gasteiger partial charge in [-0.1, -0.05) is 11.6 Å². The first kappa shape index (κ1) is 11.2. The molecule has 1 fully saturated rings. The number of halogens is 1. The van der Waals surface area contributed by atoms with Gasteiger partial charge in [0.05, 0.1) is 16.9 Å². The molecule has 1 aliphatic rings. The SMILES string of the molecule is Nc1ncc(Cl)c(-c2ccc(=O)n(C3CC3)c2)n1. The van der Waals surface area contributed by atoms with Gasteiger partial charge in [0, 0.05) is 23.9 Å². The Morgan fingerprint density at radius 2 is 2.17 bits per heavy atom. The number of rotatable bonds is 2. The van der Waals surface area contributed by atoms with Crippen LogP contribution in [0, 0.1) is 0 Å². The molecule has 1 saturated carbocycles. The zero-order chi connectivity index (χ0) is 12.7. The van der Waals surface area contributed by atoms with Crippen molar-refractivity contribution < 1.29 is 0 Å². The number of hydrogen-bond donors (Lipinski definition) is 1. The molecule has 0 unspecified atom stereocenters. The van der Waals surface area contributed by atoms with Crippen LogP contribution in [0.25, 0.3) is 11.3 Å². The van der Waals surface area contributed by atoms with Gasteiger partial charge in [-0.2, -0.15) is 0 Å². The van der Waals surface area contributed by atoms with Crippen LogP contribution in [0.4, 0.5) is 5.95 Å². The molecule has 0 radical (unpaired) electrons. The highest BCUT2D eigenvalue weighted by molar-refractivity contribution is 6.32. The van der Waals surface area contributed by atoms with Crippen LogP contribution in [0.5, 0.6) is 0 Å². The largest absolute Gasteiger partial charge is 0.368 e. The van der Waals surface area contributed by atoms with Crippen molar-refractivity contribution in [3.05, 3.63) is 39.9 Å². The molecule has 0 amide bonds. The fourth-order valence-electron chi connectivity index (χ4n) is 1.86. The molecule has 6 heteroatoms. The van der Waals surface area contributed by atoms with Crippen LogP contribution in [0.2, 0.25) is 5.02 Å². The van der Waals surface area contributed by atoms with E-state index in [9.17, 15) is 4.79 Å². The predicted octanol–water partition coefficient (Wildman–Crippen LogP) is 1.88.